The predicted molar refractivity (Wildman–Crippen MR) is 152 cm³/mol. The van der Waals surface area contributed by atoms with Gasteiger partial charge in [-0.15, -0.1) is 0 Å². The number of aliphatic carboxylic acids is 1. The Kier molecular flexibility index (Phi) is 7.66. The number of likely N-dealkylation sites (N-methyl/N-ethyl adjacent to an activating group) is 1. The van der Waals surface area contributed by atoms with Crippen molar-refractivity contribution in [2.24, 2.45) is 5.92 Å². The van der Waals surface area contributed by atoms with Gasteiger partial charge in [0.15, 0.2) is 5.60 Å². The highest BCUT2D eigenvalue weighted by atomic mass is 35.5. The van der Waals surface area contributed by atoms with E-state index in [4.69, 9.17) is 16.3 Å². The first-order valence-corrected chi connectivity index (χ1v) is 14.2. The van der Waals surface area contributed by atoms with Gasteiger partial charge in [0.2, 0.25) is 5.91 Å². The molecular formula is C31H37ClN2O5. The number of anilines is 1. The fourth-order valence-corrected chi connectivity index (χ4v) is 6.66. The molecule has 8 heteroatoms. The number of carboxylic acid groups (broad SMARTS) is 1. The molecule has 0 radical (unpaired) electrons. The van der Waals surface area contributed by atoms with Crippen molar-refractivity contribution in [1.82, 2.24) is 4.90 Å². The van der Waals surface area contributed by atoms with Crippen LogP contribution >= 0.6 is 11.6 Å². The molecule has 0 aromatic heterocycles. The molecule has 5 rings (SSSR count). The fraction of sp³-hybridized carbons (Fsp3) is 0.484. The molecule has 7 nitrogen and oxygen atoms in total. The van der Waals surface area contributed by atoms with Crippen LogP contribution in [0.3, 0.4) is 0 Å². The highest BCUT2D eigenvalue weighted by Gasteiger charge is 2.49. The van der Waals surface area contributed by atoms with Gasteiger partial charge in [-0.2, -0.15) is 0 Å². The third kappa shape index (κ3) is 5.03. The maximum absolute atomic E-state index is 13.2. The lowest BCUT2D eigenvalue weighted by Crippen LogP contribution is -2.49. The van der Waals surface area contributed by atoms with E-state index in [0.717, 1.165) is 55.8 Å². The summed E-state index contributed by atoms with van der Waals surface area (Å²) < 4.78 is 6.48. The van der Waals surface area contributed by atoms with E-state index >= 15 is 0 Å². The summed E-state index contributed by atoms with van der Waals surface area (Å²) in [7, 11) is 1.63. The van der Waals surface area contributed by atoms with E-state index in [2.05, 4.69) is 23.1 Å². The lowest BCUT2D eigenvalue weighted by molar-refractivity contribution is -0.172. The Labute approximate surface area is 235 Å². The van der Waals surface area contributed by atoms with Gasteiger partial charge in [0, 0.05) is 37.1 Å². The Bertz CT molecular complexity index is 1300. The SMILES string of the molecule is C[C@@H]1C(=O)N(C)C/C=C/CCCCN2C[C@@]3(CCCc4cc(Cl)ccc43)COc3ccc(cc32)[C@@]1(O)C(=O)O. The zero-order valence-electron chi connectivity index (χ0n) is 22.7. The number of aliphatic hydroxyl groups is 1. The first kappa shape index (κ1) is 27.5. The van der Waals surface area contributed by atoms with Gasteiger partial charge in [-0.3, -0.25) is 4.79 Å². The van der Waals surface area contributed by atoms with Crippen LogP contribution in [0.25, 0.3) is 0 Å². The van der Waals surface area contributed by atoms with Crippen LogP contribution in [0.15, 0.2) is 48.6 Å². The number of halogens is 1. The number of hydrogen-bond acceptors (Lipinski definition) is 5. The first-order valence-electron chi connectivity index (χ1n) is 13.8. The average Bonchev–Trinajstić information content (AvgIpc) is 3.07. The predicted octanol–water partition coefficient (Wildman–Crippen LogP) is 4.92. The van der Waals surface area contributed by atoms with Gasteiger partial charge in [-0.1, -0.05) is 35.9 Å². The summed E-state index contributed by atoms with van der Waals surface area (Å²) in [4.78, 5) is 29.5. The Morgan fingerprint density at radius 3 is 2.74 bits per heavy atom. The van der Waals surface area contributed by atoms with Gasteiger partial charge in [0.1, 0.15) is 5.75 Å². The lowest BCUT2D eigenvalue weighted by Gasteiger charge is -2.41. The second-order valence-corrected chi connectivity index (χ2v) is 11.7. The maximum atomic E-state index is 13.2. The monoisotopic (exact) mass is 552 g/mol. The summed E-state index contributed by atoms with van der Waals surface area (Å²) in [5.41, 5.74) is 0.805. The molecule has 2 aliphatic heterocycles. The Morgan fingerprint density at radius 1 is 1.13 bits per heavy atom. The molecule has 0 unspecified atom stereocenters. The summed E-state index contributed by atoms with van der Waals surface area (Å²) in [6, 6.07) is 11.2. The van der Waals surface area contributed by atoms with Crippen LogP contribution < -0.4 is 9.64 Å². The number of carbonyl (C=O) groups excluding carboxylic acids is 1. The molecule has 208 valence electrons. The minimum Gasteiger partial charge on any atom is -0.490 e. The largest absolute Gasteiger partial charge is 0.490 e. The van der Waals surface area contributed by atoms with Crippen LogP contribution in [0.4, 0.5) is 5.69 Å². The maximum Gasteiger partial charge on any atom is 0.341 e. The molecule has 0 fully saturated rings. The van der Waals surface area contributed by atoms with E-state index in [-0.39, 0.29) is 11.0 Å². The van der Waals surface area contributed by atoms with Crippen molar-refractivity contribution < 1.29 is 24.5 Å². The molecule has 3 aliphatic rings. The molecule has 2 bridgehead atoms. The minimum absolute atomic E-state index is 0.175. The number of ether oxygens (including phenoxy) is 1. The van der Waals surface area contributed by atoms with E-state index in [1.165, 1.54) is 23.0 Å². The molecule has 2 N–H and O–H groups in total. The molecule has 2 heterocycles. The van der Waals surface area contributed by atoms with Gasteiger partial charge in [-0.25, -0.2) is 4.79 Å². The van der Waals surface area contributed by atoms with Crippen molar-refractivity contribution in [1.29, 1.82) is 0 Å². The number of amides is 1. The standard InChI is InChI=1S/C31H37ClN2O5/c1-21-28(35)33(2)15-6-4-3-5-7-16-34-19-30(14-8-9-22-17-24(32)11-12-25(22)30)20-39-27-13-10-23(18-26(27)34)31(21,38)29(36)37/h4,6,10-13,17-18,21,38H,3,5,7-9,14-16,19-20H2,1-2H3,(H,36,37)/b6-4+/t21-,30+,31-/m1/s1. The van der Waals surface area contributed by atoms with E-state index < -0.39 is 23.4 Å². The fourth-order valence-electron chi connectivity index (χ4n) is 6.46. The van der Waals surface area contributed by atoms with E-state index in [0.29, 0.717) is 25.4 Å². The molecule has 0 saturated heterocycles. The highest BCUT2D eigenvalue weighted by molar-refractivity contribution is 6.30. The average molecular weight is 553 g/mol. The number of fused-ring (bicyclic) bond motifs is 3. The summed E-state index contributed by atoms with van der Waals surface area (Å²) in [6.07, 6.45) is 9.79. The Morgan fingerprint density at radius 2 is 1.95 bits per heavy atom. The van der Waals surface area contributed by atoms with Crippen molar-refractivity contribution >= 4 is 29.2 Å². The molecular weight excluding hydrogens is 516 g/mol. The molecule has 0 saturated carbocycles. The molecule has 1 amide bonds. The van der Waals surface area contributed by atoms with Crippen LogP contribution in [0.5, 0.6) is 5.75 Å². The van der Waals surface area contributed by atoms with Crippen molar-refractivity contribution in [2.75, 3.05) is 38.2 Å². The third-order valence-corrected chi connectivity index (χ3v) is 9.01. The molecule has 1 spiro atoms. The number of hydrogen-bond donors (Lipinski definition) is 2. The number of carbonyl (C=O) groups is 2. The smallest absolute Gasteiger partial charge is 0.341 e. The first-order chi connectivity index (χ1) is 18.7. The van der Waals surface area contributed by atoms with E-state index in [1.54, 1.807) is 25.2 Å². The summed E-state index contributed by atoms with van der Waals surface area (Å²) in [5.74, 6) is -2.42. The Balaban J connectivity index is 1.61. The summed E-state index contributed by atoms with van der Waals surface area (Å²) >= 11 is 6.35. The zero-order valence-corrected chi connectivity index (χ0v) is 23.4. The van der Waals surface area contributed by atoms with Crippen molar-refractivity contribution in [2.45, 2.75) is 56.5 Å². The van der Waals surface area contributed by atoms with Crippen LogP contribution in [0.1, 0.15) is 55.7 Å². The highest BCUT2D eigenvalue weighted by Crippen LogP contribution is 2.46. The van der Waals surface area contributed by atoms with Crippen molar-refractivity contribution in [3.8, 4) is 5.75 Å². The molecule has 2 aromatic rings. The van der Waals surface area contributed by atoms with E-state index in [9.17, 15) is 19.8 Å². The summed E-state index contributed by atoms with van der Waals surface area (Å²) in [6.45, 7) is 3.80. The van der Waals surface area contributed by atoms with Gasteiger partial charge < -0.3 is 24.7 Å². The van der Waals surface area contributed by atoms with Crippen LogP contribution in [0.2, 0.25) is 5.02 Å². The van der Waals surface area contributed by atoms with Gasteiger partial charge >= 0.3 is 5.97 Å². The topological polar surface area (TPSA) is 90.3 Å². The van der Waals surface area contributed by atoms with E-state index in [1.807, 2.05) is 12.1 Å². The summed E-state index contributed by atoms with van der Waals surface area (Å²) in [5, 5.41) is 22.6. The number of nitrogens with zero attached hydrogens (tertiary/aromatic N) is 2. The number of aryl methyl sites for hydroxylation is 1. The molecule has 1 aliphatic carbocycles. The van der Waals surface area contributed by atoms with Gasteiger partial charge in [0.05, 0.1) is 18.2 Å². The second-order valence-electron chi connectivity index (χ2n) is 11.3. The van der Waals surface area contributed by atoms with Crippen LogP contribution in [0, 0.1) is 5.92 Å². The van der Waals surface area contributed by atoms with Crippen molar-refractivity contribution in [3.63, 3.8) is 0 Å². The second kappa shape index (κ2) is 10.9. The minimum atomic E-state index is -2.39. The number of allylic oxidation sites excluding steroid dienone is 1. The quantitative estimate of drug-likeness (QED) is 0.488. The molecule has 2 aromatic carbocycles. The van der Waals surface area contributed by atoms with Crippen LogP contribution in [-0.2, 0) is 27.0 Å². The molecule has 39 heavy (non-hydrogen) atoms. The number of benzene rings is 2. The third-order valence-electron chi connectivity index (χ3n) is 8.77. The van der Waals surface area contributed by atoms with Crippen molar-refractivity contribution in [3.05, 3.63) is 70.3 Å². The Hall–Kier alpha value is -3.03. The van der Waals surface area contributed by atoms with Crippen LogP contribution in [-0.4, -0.2) is 60.3 Å². The lowest BCUT2D eigenvalue weighted by atomic mass is 9.70. The number of carboxylic acids is 1. The number of rotatable bonds is 1. The van der Waals surface area contributed by atoms with Gasteiger partial charge in [0.25, 0.3) is 0 Å². The zero-order chi connectivity index (χ0) is 27.8. The normalized spacial score (nSPS) is 28.5. The van der Waals surface area contributed by atoms with Gasteiger partial charge in [-0.05, 0) is 86.4 Å². The molecule has 3 atom stereocenters.